The molecule has 1 aliphatic carbocycles. The maximum absolute atomic E-state index is 12.4. The molecule has 1 atom stereocenters. The molecule has 0 N–H and O–H groups in total. The van der Waals surface area contributed by atoms with Gasteiger partial charge in [-0.3, -0.25) is 10.1 Å². The molecule has 0 amide bonds. The van der Waals surface area contributed by atoms with Gasteiger partial charge in [-0.25, -0.2) is 4.39 Å². The summed E-state index contributed by atoms with van der Waals surface area (Å²) in [6, 6.07) is 0. The first-order valence-electron chi connectivity index (χ1n) is 2.93. The first-order valence-corrected chi connectivity index (χ1v) is 3.31. The van der Waals surface area contributed by atoms with Crippen molar-refractivity contribution in [1.29, 1.82) is 0 Å². The van der Waals surface area contributed by atoms with Crippen LogP contribution in [0.4, 0.5) is 4.39 Å². The van der Waals surface area contributed by atoms with E-state index in [2.05, 4.69) is 0 Å². The van der Waals surface area contributed by atoms with Gasteiger partial charge in [0.1, 0.15) is 5.83 Å². The fourth-order valence-corrected chi connectivity index (χ4v) is 0.976. The summed E-state index contributed by atoms with van der Waals surface area (Å²) in [4.78, 5) is 7.76. The van der Waals surface area contributed by atoms with Gasteiger partial charge in [0.05, 0.1) is 6.42 Å². The van der Waals surface area contributed by atoms with Gasteiger partial charge in [-0.2, -0.15) is 0 Å². The predicted molar refractivity (Wildman–Crippen MR) is 38.5 cm³/mol. The van der Waals surface area contributed by atoms with Gasteiger partial charge in [-0.15, -0.1) is 0 Å². The van der Waals surface area contributed by atoms with Crippen LogP contribution in [0.2, 0.25) is 0 Å². The normalized spacial score (nSPS) is 29.8. The molecular weight excluding hydrogens is 173 g/mol. The Bertz CT molecular complexity index is 251. The summed E-state index contributed by atoms with van der Waals surface area (Å²) in [6.07, 6.45) is 3.32. The van der Waals surface area contributed by atoms with E-state index in [1.54, 1.807) is 0 Å². The zero-order chi connectivity index (χ0) is 8.48. The van der Waals surface area contributed by atoms with E-state index in [9.17, 15) is 14.5 Å². The average molecular weight is 178 g/mol. The molecule has 0 heterocycles. The van der Waals surface area contributed by atoms with Gasteiger partial charge in [0, 0.05) is 11.0 Å². The van der Waals surface area contributed by atoms with Gasteiger partial charge in [-0.05, 0) is 17.7 Å². The Labute approximate surface area is 67.3 Å². The molecule has 0 bridgehead atoms. The smallest absolute Gasteiger partial charge is 0.262 e. The Morgan fingerprint density at radius 2 is 2.45 bits per heavy atom. The van der Waals surface area contributed by atoms with Crippen LogP contribution in [0, 0.1) is 10.1 Å². The number of alkyl halides is 1. The van der Waals surface area contributed by atoms with Gasteiger partial charge in [-0.1, -0.05) is 6.08 Å². The first-order chi connectivity index (χ1) is 5.04. The van der Waals surface area contributed by atoms with E-state index in [1.165, 1.54) is 6.08 Å². The van der Waals surface area contributed by atoms with Crippen LogP contribution in [0.15, 0.2) is 24.1 Å². The molecule has 0 aromatic heterocycles. The highest BCUT2D eigenvalue weighted by molar-refractivity contribution is 6.24. The van der Waals surface area contributed by atoms with Crippen molar-refractivity contribution in [2.24, 2.45) is 0 Å². The third kappa shape index (κ3) is 1.57. The zero-order valence-electron chi connectivity index (χ0n) is 5.46. The van der Waals surface area contributed by atoms with Crippen molar-refractivity contribution in [2.45, 2.75) is 11.4 Å². The van der Waals surface area contributed by atoms with Crippen LogP contribution in [0.25, 0.3) is 0 Å². The van der Waals surface area contributed by atoms with Crippen LogP contribution in [0.3, 0.4) is 0 Å². The lowest BCUT2D eigenvalue weighted by molar-refractivity contribution is -0.527. The molecule has 1 aliphatic rings. The van der Waals surface area contributed by atoms with Crippen LogP contribution >= 0.6 is 11.6 Å². The fourth-order valence-electron chi connectivity index (χ4n) is 0.782. The maximum Gasteiger partial charge on any atom is 0.320 e. The van der Waals surface area contributed by atoms with Crippen molar-refractivity contribution >= 4 is 11.6 Å². The lowest BCUT2D eigenvalue weighted by Crippen LogP contribution is -2.30. The molecule has 3 nitrogen and oxygen atoms in total. The molecule has 11 heavy (non-hydrogen) atoms. The Morgan fingerprint density at radius 1 is 1.82 bits per heavy atom. The highest BCUT2D eigenvalue weighted by Gasteiger charge is 2.38. The Balaban J connectivity index is 2.92. The molecule has 0 spiro atoms. The third-order valence-electron chi connectivity index (χ3n) is 1.34. The molecule has 0 aliphatic heterocycles. The maximum atomic E-state index is 12.4. The fraction of sp³-hybridized carbons (Fsp3) is 0.333. The first kappa shape index (κ1) is 8.20. The SMILES string of the molecule is O=[N+]([O-])C1(Cl)C=C(F)C=CC1. The van der Waals surface area contributed by atoms with Crippen LogP contribution in [-0.2, 0) is 0 Å². The lowest BCUT2D eigenvalue weighted by Gasteiger charge is -2.14. The van der Waals surface area contributed by atoms with Crippen LogP contribution in [-0.4, -0.2) is 9.92 Å². The van der Waals surface area contributed by atoms with Gasteiger partial charge in [0.2, 0.25) is 0 Å². The van der Waals surface area contributed by atoms with E-state index in [0.29, 0.717) is 0 Å². The van der Waals surface area contributed by atoms with Gasteiger partial charge < -0.3 is 0 Å². The second-order valence-electron chi connectivity index (χ2n) is 2.21. The summed E-state index contributed by atoms with van der Waals surface area (Å²) < 4.78 is 12.4. The number of nitro groups is 1. The summed E-state index contributed by atoms with van der Waals surface area (Å²) in [7, 11) is 0. The summed E-state index contributed by atoms with van der Waals surface area (Å²) in [5.74, 6) is -0.664. The number of allylic oxidation sites excluding steroid dienone is 2. The predicted octanol–water partition coefficient (Wildman–Crippen LogP) is 2.01. The topological polar surface area (TPSA) is 43.1 Å². The van der Waals surface area contributed by atoms with E-state index in [0.717, 1.165) is 12.2 Å². The minimum absolute atomic E-state index is 0.0228. The molecular formula is C6H5ClFNO2. The minimum atomic E-state index is -1.78. The van der Waals surface area contributed by atoms with E-state index < -0.39 is 15.7 Å². The summed E-state index contributed by atoms with van der Waals surface area (Å²) in [5, 5.41) is 10.3. The van der Waals surface area contributed by atoms with Crippen molar-refractivity contribution < 1.29 is 9.31 Å². The van der Waals surface area contributed by atoms with E-state index >= 15 is 0 Å². The van der Waals surface area contributed by atoms with Gasteiger partial charge in [0.15, 0.2) is 0 Å². The van der Waals surface area contributed by atoms with Crippen molar-refractivity contribution in [3.63, 3.8) is 0 Å². The molecule has 0 radical (unpaired) electrons. The molecule has 5 heteroatoms. The van der Waals surface area contributed by atoms with Crippen LogP contribution in [0.5, 0.6) is 0 Å². The second-order valence-corrected chi connectivity index (χ2v) is 2.87. The van der Waals surface area contributed by atoms with E-state index in [-0.39, 0.29) is 6.42 Å². The van der Waals surface area contributed by atoms with Crippen molar-refractivity contribution in [1.82, 2.24) is 0 Å². The molecule has 0 aromatic rings. The third-order valence-corrected chi connectivity index (χ3v) is 1.75. The van der Waals surface area contributed by atoms with Crippen molar-refractivity contribution in [3.05, 3.63) is 34.2 Å². The highest BCUT2D eigenvalue weighted by atomic mass is 35.5. The van der Waals surface area contributed by atoms with Crippen molar-refractivity contribution in [2.75, 3.05) is 0 Å². The molecule has 0 saturated carbocycles. The number of hydrogen-bond donors (Lipinski definition) is 0. The summed E-state index contributed by atoms with van der Waals surface area (Å²) in [6.45, 7) is 0. The van der Waals surface area contributed by atoms with E-state index in [1.807, 2.05) is 0 Å². The van der Waals surface area contributed by atoms with Gasteiger partial charge in [0.25, 0.3) is 0 Å². The van der Waals surface area contributed by atoms with Crippen molar-refractivity contribution in [3.8, 4) is 0 Å². The van der Waals surface area contributed by atoms with Crippen LogP contribution < -0.4 is 0 Å². The molecule has 0 saturated heterocycles. The summed E-state index contributed by atoms with van der Waals surface area (Å²) >= 11 is 5.44. The highest BCUT2D eigenvalue weighted by Crippen LogP contribution is 2.28. The molecule has 1 unspecified atom stereocenters. The lowest BCUT2D eigenvalue weighted by atomic mass is 10.1. The number of rotatable bonds is 1. The quantitative estimate of drug-likeness (QED) is 0.266. The average Bonchev–Trinajstić information content (AvgIpc) is 1.86. The Kier molecular flexibility index (Phi) is 1.95. The van der Waals surface area contributed by atoms with Gasteiger partial charge >= 0.3 is 5.00 Å². The number of hydrogen-bond acceptors (Lipinski definition) is 2. The minimum Gasteiger partial charge on any atom is -0.262 e. The number of nitrogens with zero attached hydrogens (tertiary/aromatic N) is 1. The molecule has 1 rings (SSSR count). The zero-order valence-corrected chi connectivity index (χ0v) is 6.21. The van der Waals surface area contributed by atoms with Crippen LogP contribution in [0.1, 0.15) is 6.42 Å². The molecule has 0 aromatic carbocycles. The van der Waals surface area contributed by atoms with E-state index in [4.69, 9.17) is 11.6 Å². The monoisotopic (exact) mass is 177 g/mol. The second kappa shape index (κ2) is 2.62. The molecule has 60 valence electrons. The summed E-state index contributed by atoms with van der Waals surface area (Å²) in [5.41, 5.74) is 0. The number of halogens is 2. The standard InChI is InChI=1S/C6H5ClFNO2/c7-6(9(10)11)3-1-2-5(8)4-6/h1-2,4H,3H2. The Morgan fingerprint density at radius 3 is 2.82 bits per heavy atom. The largest absolute Gasteiger partial charge is 0.320 e. The Hall–Kier alpha value is -0.900. The molecule has 0 fully saturated rings.